The van der Waals surface area contributed by atoms with Crippen molar-refractivity contribution in [2.24, 2.45) is 11.7 Å². The minimum Gasteiger partial charge on any atom is -0.460 e. The summed E-state index contributed by atoms with van der Waals surface area (Å²) in [6.07, 6.45) is 7.93. The molecule has 3 atom stereocenters. The van der Waals surface area contributed by atoms with Gasteiger partial charge in [0.1, 0.15) is 11.3 Å². The number of benzene rings is 4. The zero-order chi connectivity index (χ0) is 29.0. The quantitative estimate of drug-likeness (QED) is 0.201. The van der Waals surface area contributed by atoms with Gasteiger partial charge < -0.3 is 20.5 Å². The van der Waals surface area contributed by atoms with Gasteiger partial charge in [-0.15, -0.1) is 11.3 Å². The lowest BCUT2D eigenvalue weighted by Gasteiger charge is -2.30. The molecule has 0 saturated heterocycles. The zero-order valence-corrected chi connectivity index (χ0v) is 24.9. The van der Waals surface area contributed by atoms with Gasteiger partial charge in [-0.2, -0.15) is 0 Å². The molecule has 3 heterocycles. The summed E-state index contributed by atoms with van der Waals surface area (Å²) in [6, 6.07) is 27.9. The van der Waals surface area contributed by atoms with Gasteiger partial charge in [-0.05, 0) is 53.8 Å². The number of fused-ring (bicyclic) bond motifs is 10. The molecular formula is C38H31N3OS. The maximum atomic E-state index is 6.76. The van der Waals surface area contributed by atoms with Gasteiger partial charge in [0.25, 0.3) is 0 Å². The molecule has 2 aliphatic carbocycles. The van der Waals surface area contributed by atoms with E-state index in [0.29, 0.717) is 0 Å². The lowest BCUT2D eigenvalue weighted by atomic mass is 9.80. The van der Waals surface area contributed by atoms with Crippen LogP contribution in [0.2, 0.25) is 0 Å². The summed E-state index contributed by atoms with van der Waals surface area (Å²) < 4.78 is 11.3. The van der Waals surface area contributed by atoms with Crippen molar-refractivity contribution in [3.63, 3.8) is 0 Å². The van der Waals surface area contributed by atoms with Crippen LogP contribution in [0.3, 0.4) is 0 Å². The van der Waals surface area contributed by atoms with E-state index in [1.165, 1.54) is 65.1 Å². The third kappa shape index (κ3) is 3.46. The number of para-hydroxylation sites is 2. The van der Waals surface area contributed by atoms with Gasteiger partial charge >= 0.3 is 0 Å². The average molecular weight is 578 g/mol. The first-order valence-corrected chi connectivity index (χ1v) is 15.8. The summed E-state index contributed by atoms with van der Waals surface area (Å²) in [7, 11) is 0. The van der Waals surface area contributed by atoms with Crippen LogP contribution in [0.5, 0.6) is 0 Å². The molecular weight excluding hydrogens is 547 g/mol. The first-order valence-electron chi connectivity index (χ1n) is 15.0. The molecule has 0 fully saturated rings. The first kappa shape index (κ1) is 25.0. The van der Waals surface area contributed by atoms with Crippen LogP contribution in [0.4, 0.5) is 5.69 Å². The summed E-state index contributed by atoms with van der Waals surface area (Å²) in [5.41, 5.74) is 22.3. The van der Waals surface area contributed by atoms with Crippen molar-refractivity contribution >= 4 is 81.7 Å². The molecule has 5 heteroatoms. The Kier molecular flexibility index (Phi) is 5.20. The topological polar surface area (TPSA) is 70.1 Å². The molecule has 0 amide bonds. The lowest BCUT2D eigenvalue weighted by Crippen LogP contribution is -2.29. The number of thiophene rings is 1. The Morgan fingerprint density at radius 3 is 2.44 bits per heavy atom. The van der Waals surface area contributed by atoms with Crippen LogP contribution in [0.25, 0.3) is 64.7 Å². The monoisotopic (exact) mass is 577 g/mol. The number of nitrogens with zero attached hydrogens (tertiary/aromatic N) is 1. The van der Waals surface area contributed by atoms with Crippen LogP contribution in [0.15, 0.2) is 107 Å². The fraction of sp³-hybridized carbons (Fsp3) is 0.158. The number of anilines is 1. The molecule has 0 aliphatic heterocycles. The Hall–Kier alpha value is -4.58. The van der Waals surface area contributed by atoms with Crippen LogP contribution < -0.4 is 11.5 Å². The minimum atomic E-state index is -0.0529. The number of aromatic nitrogens is 1. The van der Waals surface area contributed by atoms with Crippen molar-refractivity contribution in [1.29, 1.82) is 0 Å². The second kappa shape index (κ2) is 8.96. The van der Waals surface area contributed by atoms with Gasteiger partial charge in [0, 0.05) is 60.5 Å². The van der Waals surface area contributed by atoms with Crippen LogP contribution in [-0.4, -0.2) is 10.6 Å². The molecule has 43 heavy (non-hydrogen) atoms. The highest BCUT2D eigenvalue weighted by atomic mass is 32.1. The summed E-state index contributed by atoms with van der Waals surface area (Å²) >= 11 is 1.80. The van der Waals surface area contributed by atoms with E-state index in [1.54, 1.807) is 11.3 Å². The SMILES string of the molecule is CC1CC(C2=CC(N)C(C)C=C2n2c3ccccc3c3c4sc5c(N)cccc5c4ccc32)=Cc2c1oc1ccccc21. The molecule has 4 aromatic carbocycles. The summed E-state index contributed by atoms with van der Waals surface area (Å²) in [5.74, 6) is 1.55. The molecule has 3 aromatic heterocycles. The number of rotatable bonds is 2. The summed E-state index contributed by atoms with van der Waals surface area (Å²) in [5, 5.41) is 6.19. The van der Waals surface area contributed by atoms with Crippen LogP contribution in [0, 0.1) is 5.92 Å². The molecule has 9 rings (SSSR count). The molecule has 210 valence electrons. The van der Waals surface area contributed by atoms with Gasteiger partial charge in [0.2, 0.25) is 0 Å². The predicted octanol–water partition coefficient (Wildman–Crippen LogP) is 9.83. The Bertz CT molecular complexity index is 2390. The van der Waals surface area contributed by atoms with E-state index in [0.717, 1.165) is 28.2 Å². The van der Waals surface area contributed by atoms with E-state index in [9.17, 15) is 0 Å². The van der Waals surface area contributed by atoms with Crippen LogP contribution in [0.1, 0.15) is 37.5 Å². The normalized spacial score (nSPS) is 20.6. The van der Waals surface area contributed by atoms with Crippen molar-refractivity contribution in [3.8, 4) is 0 Å². The van der Waals surface area contributed by atoms with E-state index in [4.69, 9.17) is 15.9 Å². The van der Waals surface area contributed by atoms with Crippen molar-refractivity contribution in [2.45, 2.75) is 32.2 Å². The lowest BCUT2D eigenvalue weighted by molar-refractivity contribution is 0.499. The number of allylic oxidation sites excluding steroid dienone is 3. The Labute approximate surface area is 253 Å². The van der Waals surface area contributed by atoms with Gasteiger partial charge in [-0.3, -0.25) is 0 Å². The standard InChI is InChI=1S/C38H31N3OS/c1-20-17-33(27(19-30(20)40)22-16-21(2)36-28(18-22)23-8-4-6-13-34(23)42-36)41-31-12-5-3-9-26(31)35-32(41)15-14-25-24-10-7-11-29(39)37(24)43-38(25)35/h3-15,17-21,30H,16,39-40H2,1-2H3. The van der Waals surface area contributed by atoms with Gasteiger partial charge in [-0.1, -0.05) is 80.6 Å². The van der Waals surface area contributed by atoms with Gasteiger partial charge in [-0.25, -0.2) is 0 Å². The molecule has 4 nitrogen and oxygen atoms in total. The number of hydrogen-bond donors (Lipinski definition) is 2. The maximum absolute atomic E-state index is 6.76. The Morgan fingerprint density at radius 2 is 1.56 bits per heavy atom. The second-order valence-corrected chi connectivity index (χ2v) is 13.3. The van der Waals surface area contributed by atoms with E-state index in [2.05, 4.69) is 103 Å². The highest BCUT2D eigenvalue weighted by Crippen LogP contribution is 2.48. The van der Waals surface area contributed by atoms with Crippen LogP contribution >= 0.6 is 11.3 Å². The van der Waals surface area contributed by atoms with Crippen molar-refractivity contribution in [2.75, 3.05) is 5.73 Å². The molecule has 7 aromatic rings. The summed E-state index contributed by atoms with van der Waals surface area (Å²) in [4.78, 5) is 0. The third-order valence-electron chi connectivity index (χ3n) is 9.54. The van der Waals surface area contributed by atoms with E-state index >= 15 is 0 Å². The van der Waals surface area contributed by atoms with E-state index in [1.807, 2.05) is 12.1 Å². The zero-order valence-electron chi connectivity index (χ0n) is 24.1. The number of nitrogens with two attached hydrogens (primary N) is 2. The van der Waals surface area contributed by atoms with Crippen molar-refractivity contribution in [1.82, 2.24) is 4.57 Å². The summed E-state index contributed by atoms with van der Waals surface area (Å²) in [6.45, 7) is 4.49. The molecule has 0 bridgehead atoms. The van der Waals surface area contributed by atoms with Crippen LogP contribution in [-0.2, 0) is 0 Å². The largest absolute Gasteiger partial charge is 0.460 e. The molecule has 0 spiro atoms. The van der Waals surface area contributed by atoms with E-state index in [-0.39, 0.29) is 17.9 Å². The number of furan rings is 1. The highest BCUT2D eigenvalue weighted by Gasteiger charge is 2.31. The smallest absolute Gasteiger partial charge is 0.134 e. The molecule has 3 unspecified atom stereocenters. The molecule has 0 radical (unpaired) electrons. The van der Waals surface area contributed by atoms with Crippen molar-refractivity contribution < 1.29 is 4.42 Å². The molecule has 4 N–H and O–H groups in total. The second-order valence-electron chi connectivity index (χ2n) is 12.2. The van der Waals surface area contributed by atoms with Gasteiger partial charge in [0.05, 0.1) is 15.7 Å². The van der Waals surface area contributed by atoms with Crippen molar-refractivity contribution in [3.05, 3.63) is 113 Å². The fourth-order valence-electron chi connectivity index (χ4n) is 7.38. The Balaban J connectivity index is 1.32. The third-order valence-corrected chi connectivity index (χ3v) is 10.8. The predicted molar refractivity (Wildman–Crippen MR) is 183 cm³/mol. The number of hydrogen-bond acceptors (Lipinski definition) is 4. The van der Waals surface area contributed by atoms with E-state index < -0.39 is 0 Å². The minimum absolute atomic E-state index is 0.0529. The first-order chi connectivity index (χ1) is 21.0. The molecule has 2 aliphatic rings. The molecule has 0 saturated carbocycles. The highest BCUT2D eigenvalue weighted by molar-refractivity contribution is 7.27. The maximum Gasteiger partial charge on any atom is 0.134 e. The average Bonchev–Trinajstić information content (AvgIpc) is 3.69. The number of nitrogen functional groups attached to an aromatic ring is 1. The fourth-order valence-corrected chi connectivity index (χ4v) is 8.66. The van der Waals surface area contributed by atoms with Gasteiger partial charge in [0.15, 0.2) is 0 Å². The Morgan fingerprint density at radius 1 is 0.791 bits per heavy atom.